The number of aryl methyl sites for hydroxylation is 1. The number of nitrogens with zero attached hydrogens (tertiary/aromatic N) is 5. The van der Waals surface area contributed by atoms with Crippen LogP contribution in [0.15, 0.2) is 45.1 Å². The summed E-state index contributed by atoms with van der Waals surface area (Å²) >= 11 is 1.50. The van der Waals surface area contributed by atoms with Crippen molar-refractivity contribution in [3.8, 4) is 5.69 Å². The molecule has 0 bridgehead atoms. The third kappa shape index (κ3) is 4.15. The van der Waals surface area contributed by atoms with E-state index in [4.69, 9.17) is 0 Å². The van der Waals surface area contributed by atoms with Crippen molar-refractivity contribution in [2.45, 2.75) is 56.8 Å². The number of thioether (sulfide) groups is 1. The van der Waals surface area contributed by atoms with Gasteiger partial charge < -0.3 is 5.32 Å². The first-order chi connectivity index (χ1) is 15.9. The number of benzene rings is 1. The van der Waals surface area contributed by atoms with Crippen LogP contribution in [0.25, 0.3) is 5.69 Å². The van der Waals surface area contributed by atoms with Crippen molar-refractivity contribution in [2.24, 2.45) is 0 Å². The lowest BCUT2D eigenvalue weighted by molar-refractivity contribution is -0.121. The molecule has 9 nitrogen and oxygen atoms in total. The second-order valence-corrected chi connectivity index (χ2v) is 9.60. The molecule has 0 radical (unpaired) electrons. The molecule has 3 aromatic rings. The Kier molecular flexibility index (Phi) is 5.69. The van der Waals surface area contributed by atoms with Crippen LogP contribution < -0.4 is 16.6 Å². The summed E-state index contributed by atoms with van der Waals surface area (Å²) in [7, 11) is 0. The molecule has 1 atom stereocenters. The lowest BCUT2D eigenvalue weighted by Crippen LogP contribution is -2.34. The van der Waals surface area contributed by atoms with E-state index in [9.17, 15) is 14.4 Å². The quantitative estimate of drug-likeness (QED) is 0.534. The van der Waals surface area contributed by atoms with Gasteiger partial charge in [0.05, 0.1) is 18.3 Å². The van der Waals surface area contributed by atoms with Crippen molar-refractivity contribution in [3.63, 3.8) is 0 Å². The molecule has 2 aromatic heterocycles. The number of para-hydroxylation sites is 1. The maximum Gasteiger partial charge on any atom is 0.350 e. The van der Waals surface area contributed by atoms with Crippen molar-refractivity contribution >= 4 is 17.7 Å². The number of amides is 1. The second kappa shape index (κ2) is 8.66. The minimum absolute atomic E-state index is 0.0779. The van der Waals surface area contributed by atoms with Gasteiger partial charge in [0.1, 0.15) is 5.82 Å². The van der Waals surface area contributed by atoms with E-state index in [1.165, 1.54) is 16.4 Å². The lowest BCUT2D eigenvalue weighted by atomic mass is 10.2. The van der Waals surface area contributed by atoms with Crippen molar-refractivity contribution in [1.82, 2.24) is 29.2 Å². The van der Waals surface area contributed by atoms with E-state index in [-0.39, 0.29) is 29.6 Å². The number of hydrogen-bond donors (Lipinski definition) is 1. The summed E-state index contributed by atoms with van der Waals surface area (Å²) in [5, 5.41) is 8.12. The predicted molar refractivity (Wildman–Crippen MR) is 125 cm³/mol. The molecule has 1 fully saturated rings. The van der Waals surface area contributed by atoms with E-state index in [1.54, 1.807) is 16.1 Å². The van der Waals surface area contributed by atoms with Gasteiger partial charge in [-0.25, -0.2) is 19.0 Å². The normalized spacial score (nSPS) is 17.2. The number of aromatic nitrogens is 5. The summed E-state index contributed by atoms with van der Waals surface area (Å²) in [5.41, 5.74) is 1.89. The zero-order chi connectivity index (χ0) is 23.1. The maximum atomic E-state index is 13.0. The molecule has 0 spiro atoms. The Morgan fingerprint density at radius 3 is 2.67 bits per heavy atom. The van der Waals surface area contributed by atoms with Gasteiger partial charge in [-0.15, -0.1) is 0 Å². The van der Waals surface area contributed by atoms with Crippen LogP contribution in [0.1, 0.15) is 48.3 Å². The first kappa shape index (κ1) is 21.7. The molecule has 1 aliphatic carbocycles. The fourth-order valence-electron chi connectivity index (χ4n) is 4.11. The van der Waals surface area contributed by atoms with Crippen molar-refractivity contribution in [1.29, 1.82) is 0 Å². The van der Waals surface area contributed by atoms with E-state index in [0.717, 1.165) is 30.0 Å². The number of carbonyl (C=O) groups is 1. The number of nitrogens with one attached hydrogen (secondary N) is 1. The van der Waals surface area contributed by atoms with E-state index >= 15 is 0 Å². The van der Waals surface area contributed by atoms with Gasteiger partial charge in [-0.1, -0.05) is 30.0 Å². The Labute approximate surface area is 194 Å². The van der Waals surface area contributed by atoms with Crippen LogP contribution in [-0.2, 0) is 11.3 Å². The monoisotopic (exact) mass is 466 g/mol. The maximum absolute atomic E-state index is 13.0. The first-order valence-electron chi connectivity index (χ1n) is 11.2. The zero-order valence-electron chi connectivity index (χ0n) is 18.7. The van der Waals surface area contributed by atoms with Gasteiger partial charge in [0, 0.05) is 35.9 Å². The summed E-state index contributed by atoms with van der Waals surface area (Å²) in [6, 6.07) is 9.31. The predicted octanol–water partition coefficient (Wildman–Crippen LogP) is 1.94. The summed E-state index contributed by atoms with van der Waals surface area (Å²) in [5.74, 6) is 1.59. The van der Waals surface area contributed by atoms with Crippen LogP contribution in [0.5, 0.6) is 0 Å². The Morgan fingerprint density at radius 1 is 1.18 bits per heavy atom. The van der Waals surface area contributed by atoms with E-state index in [0.29, 0.717) is 35.5 Å². The molecule has 1 N–H and O–H groups in total. The highest BCUT2D eigenvalue weighted by molar-refractivity contribution is 7.99. The van der Waals surface area contributed by atoms with Gasteiger partial charge in [0.15, 0.2) is 5.16 Å². The third-order valence-electron chi connectivity index (χ3n) is 6.21. The SMILES string of the molecule is Cc1nc2n(c(=O)c1C)C(CC(=O)NCCn1nc(C3CC3)n(-c3ccccc3)c1=O)CS2. The largest absolute Gasteiger partial charge is 0.354 e. The molecular formula is C23H26N6O3S. The summed E-state index contributed by atoms with van der Waals surface area (Å²) < 4.78 is 4.75. The summed E-state index contributed by atoms with van der Waals surface area (Å²) in [6.07, 6.45) is 2.27. The Morgan fingerprint density at radius 2 is 1.94 bits per heavy atom. The molecule has 1 unspecified atom stereocenters. The number of hydrogen-bond acceptors (Lipinski definition) is 6. The molecule has 1 aliphatic heterocycles. The highest BCUT2D eigenvalue weighted by Crippen LogP contribution is 2.39. The molecular weight excluding hydrogens is 440 g/mol. The fraction of sp³-hybridized carbons (Fsp3) is 0.435. The van der Waals surface area contributed by atoms with Gasteiger partial charge >= 0.3 is 5.69 Å². The topological polar surface area (TPSA) is 104 Å². The van der Waals surface area contributed by atoms with Crippen LogP contribution in [0.4, 0.5) is 0 Å². The molecule has 1 aromatic carbocycles. The van der Waals surface area contributed by atoms with E-state index in [1.807, 2.05) is 37.3 Å². The van der Waals surface area contributed by atoms with Gasteiger partial charge in [0.25, 0.3) is 5.56 Å². The Hall–Kier alpha value is -3.14. The van der Waals surface area contributed by atoms with Crippen LogP contribution >= 0.6 is 11.8 Å². The molecule has 5 rings (SSSR count). The summed E-state index contributed by atoms with van der Waals surface area (Å²) in [4.78, 5) is 42.7. The third-order valence-corrected chi connectivity index (χ3v) is 7.31. The summed E-state index contributed by atoms with van der Waals surface area (Å²) in [6.45, 7) is 4.18. The van der Waals surface area contributed by atoms with Crippen LogP contribution in [0.2, 0.25) is 0 Å². The second-order valence-electron chi connectivity index (χ2n) is 8.61. The van der Waals surface area contributed by atoms with Crippen molar-refractivity contribution in [3.05, 3.63) is 68.3 Å². The lowest BCUT2D eigenvalue weighted by Gasteiger charge is -2.14. The fourth-order valence-corrected chi connectivity index (χ4v) is 5.29. The average Bonchev–Trinajstić information content (AvgIpc) is 3.50. The van der Waals surface area contributed by atoms with E-state index < -0.39 is 0 Å². The molecule has 172 valence electrons. The molecule has 1 amide bonds. The number of fused-ring (bicyclic) bond motifs is 1. The molecule has 2 aliphatic rings. The highest BCUT2D eigenvalue weighted by Gasteiger charge is 2.32. The van der Waals surface area contributed by atoms with Crippen molar-refractivity contribution in [2.75, 3.05) is 12.3 Å². The Bertz CT molecular complexity index is 1320. The van der Waals surface area contributed by atoms with Gasteiger partial charge in [0.2, 0.25) is 5.91 Å². The van der Waals surface area contributed by atoms with E-state index in [2.05, 4.69) is 15.4 Å². The van der Waals surface area contributed by atoms with Crippen molar-refractivity contribution < 1.29 is 4.79 Å². The first-order valence-corrected chi connectivity index (χ1v) is 12.2. The van der Waals surface area contributed by atoms with Crippen LogP contribution in [-0.4, -0.2) is 42.1 Å². The highest BCUT2D eigenvalue weighted by atomic mass is 32.2. The average molecular weight is 467 g/mol. The van der Waals surface area contributed by atoms with Crippen LogP contribution in [0, 0.1) is 13.8 Å². The molecule has 10 heteroatoms. The Balaban J connectivity index is 1.25. The molecule has 0 saturated heterocycles. The minimum Gasteiger partial charge on any atom is -0.354 e. The number of rotatable bonds is 7. The molecule has 3 heterocycles. The van der Waals surface area contributed by atoms with Gasteiger partial charge in [-0.05, 0) is 38.8 Å². The standard InChI is InChI=1S/C23H26N6O3S/c1-14-15(2)25-22-29(21(14)31)18(13-33-22)12-19(30)24-10-11-27-23(32)28(17-6-4-3-5-7-17)20(26-27)16-8-9-16/h3-7,16,18H,8-13H2,1-2H3,(H,24,30). The molecule has 1 saturated carbocycles. The van der Waals surface area contributed by atoms with Gasteiger partial charge in [-0.2, -0.15) is 5.10 Å². The zero-order valence-corrected chi connectivity index (χ0v) is 19.5. The number of carbonyl (C=O) groups excluding carboxylic acids is 1. The van der Waals surface area contributed by atoms with Crippen LogP contribution in [0.3, 0.4) is 0 Å². The molecule has 33 heavy (non-hydrogen) atoms. The minimum atomic E-state index is -0.217. The smallest absolute Gasteiger partial charge is 0.350 e. The van der Waals surface area contributed by atoms with Gasteiger partial charge in [-0.3, -0.25) is 14.2 Å².